The number of carbonyl (C=O) groups is 1. The van der Waals surface area contributed by atoms with Crippen LogP contribution in [0.1, 0.15) is 45.4 Å². The molecule has 1 amide bonds. The number of nitrogens with zero attached hydrogens (tertiary/aromatic N) is 1. The summed E-state index contributed by atoms with van der Waals surface area (Å²) < 4.78 is 5.61. The summed E-state index contributed by atoms with van der Waals surface area (Å²) in [6, 6.07) is 8.20. The third-order valence-corrected chi connectivity index (χ3v) is 4.75. The van der Waals surface area contributed by atoms with E-state index in [-0.39, 0.29) is 12.0 Å². The highest BCUT2D eigenvalue weighted by Crippen LogP contribution is 2.29. The second kappa shape index (κ2) is 7.82. The highest BCUT2D eigenvalue weighted by atomic mass is 16.5. The van der Waals surface area contributed by atoms with Crippen molar-refractivity contribution in [3.63, 3.8) is 0 Å². The topological polar surface area (TPSA) is 41.6 Å². The summed E-state index contributed by atoms with van der Waals surface area (Å²) in [5.74, 6) is 0.617. The van der Waals surface area contributed by atoms with Crippen LogP contribution < -0.4 is 10.2 Å². The molecule has 1 aliphatic carbocycles. The molecule has 1 unspecified atom stereocenters. The standard InChI is InChI=1S/C19H28N2O2/c1-15(23-14-16-6-7-16)19(22)20-17-8-10-18(11-9-17)21-12-4-2-3-5-13-21/h8-11,15-16H,2-7,12-14H2,1H3,(H,20,22). The van der Waals surface area contributed by atoms with Gasteiger partial charge in [0.25, 0.3) is 5.91 Å². The maximum atomic E-state index is 12.1. The number of anilines is 2. The van der Waals surface area contributed by atoms with Crippen LogP contribution in [0.25, 0.3) is 0 Å². The van der Waals surface area contributed by atoms with Crippen molar-refractivity contribution in [2.75, 3.05) is 29.9 Å². The molecule has 3 rings (SSSR count). The zero-order chi connectivity index (χ0) is 16.1. The van der Waals surface area contributed by atoms with Crippen molar-refractivity contribution in [2.45, 2.75) is 51.6 Å². The molecule has 126 valence electrons. The van der Waals surface area contributed by atoms with Gasteiger partial charge in [0, 0.05) is 24.5 Å². The van der Waals surface area contributed by atoms with Crippen molar-refractivity contribution in [3.8, 4) is 0 Å². The molecular formula is C19H28N2O2. The number of benzene rings is 1. The molecule has 0 aromatic heterocycles. The van der Waals surface area contributed by atoms with E-state index in [1.165, 1.54) is 44.2 Å². The molecular weight excluding hydrogens is 288 g/mol. The Morgan fingerprint density at radius 1 is 1.17 bits per heavy atom. The Morgan fingerprint density at radius 3 is 2.43 bits per heavy atom. The molecule has 1 saturated carbocycles. The van der Waals surface area contributed by atoms with E-state index in [0.29, 0.717) is 12.5 Å². The lowest BCUT2D eigenvalue weighted by Crippen LogP contribution is -2.28. The summed E-state index contributed by atoms with van der Waals surface area (Å²) in [5, 5.41) is 2.95. The Balaban J connectivity index is 1.50. The zero-order valence-corrected chi connectivity index (χ0v) is 14.1. The van der Waals surface area contributed by atoms with Crippen molar-refractivity contribution < 1.29 is 9.53 Å². The van der Waals surface area contributed by atoms with E-state index in [1.807, 2.05) is 19.1 Å². The molecule has 1 atom stereocenters. The lowest BCUT2D eigenvalue weighted by atomic mass is 10.2. The SMILES string of the molecule is CC(OCC1CC1)C(=O)Nc1ccc(N2CCCCCC2)cc1. The first kappa shape index (κ1) is 16.3. The lowest BCUT2D eigenvalue weighted by molar-refractivity contribution is -0.126. The molecule has 1 aromatic carbocycles. The fourth-order valence-corrected chi connectivity index (χ4v) is 2.97. The molecule has 1 heterocycles. The fraction of sp³-hybridized carbons (Fsp3) is 0.632. The van der Waals surface area contributed by atoms with E-state index in [4.69, 9.17) is 4.74 Å². The first-order chi connectivity index (χ1) is 11.2. The second-order valence-electron chi connectivity index (χ2n) is 6.86. The van der Waals surface area contributed by atoms with Gasteiger partial charge in [0.05, 0.1) is 6.61 Å². The average Bonchev–Trinajstić information content (AvgIpc) is 3.40. The van der Waals surface area contributed by atoms with Crippen LogP contribution in [0.2, 0.25) is 0 Å². The number of amides is 1. The van der Waals surface area contributed by atoms with Crippen LogP contribution in [0.5, 0.6) is 0 Å². The molecule has 1 aliphatic heterocycles. The second-order valence-corrected chi connectivity index (χ2v) is 6.86. The van der Waals surface area contributed by atoms with Gasteiger partial charge < -0.3 is 15.0 Å². The van der Waals surface area contributed by atoms with Gasteiger partial charge in [0.15, 0.2) is 0 Å². The summed E-state index contributed by atoms with van der Waals surface area (Å²) in [4.78, 5) is 14.6. The van der Waals surface area contributed by atoms with Crippen molar-refractivity contribution in [1.29, 1.82) is 0 Å². The van der Waals surface area contributed by atoms with Gasteiger partial charge in [-0.15, -0.1) is 0 Å². The number of hydrogen-bond acceptors (Lipinski definition) is 3. The number of ether oxygens (including phenoxy) is 1. The summed E-state index contributed by atoms with van der Waals surface area (Å²) >= 11 is 0. The lowest BCUT2D eigenvalue weighted by Gasteiger charge is -2.23. The molecule has 1 N–H and O–H groups in total. The van der Waals surface area contributed by atoms with Gasteiger partial charge in [0.2, 0.25) is 0 Å². The summed E-state index contributed by atoms with van der Waals surface area (Å²) in [7, 11) is 0. The first-order valence-corrected chi connectivity index (χ1v) is 9.00. The minimum absolute atomic E-state index is 0.0619. The number of carbonyl (C=O) groups excluding carboxylic acids is 1. The molecule has 1 aromatic rings. The van der Waals surface area contributed by atoms with E-state index in [9.17, 15) is 4.79 Å². The monoisotopic (exact) mass is 316 g/mol. The van der Waals surface area contributed by atoms with Gasteiger partial charge in [-0.05, 0) is 62.8 Å². The molecule has 0 radical (unpaired) electrons. The predicted molar refractivity (Wildman–Crippen MR) is 93.9 cm³/mol. The summed E-state index contributed by atoms with van der Waals surface area (Å²) in [6.07, 6.45) is 7.31. The van der Waals surface area contributed by atoms with Crippen molar-refractivity contribution in [2.24, 2.45) is 5.92 Å². The van der Waals surface area contributed by atoms with E-state index < -0.39 is 0 Å². The molecule has 0 spiro atoms. The molecule has 2 fully saturated rings. The Morgan fingerprint density at radius 2 is 1.83 bits per heavy atom. The van der Waals surface area contributed by atoms with E-state index >= 15 is 0 Å². The number of nitrogens with one attached hydrogen (secondary N) is 1. The fourth-order valence-electron chi connectivity index (χ4n) is 2.97. The Labute approximate surface area is 139 Å². The van der Waals surface area contributed by atoms with Crippen LogP contribution in [0.4, 0.5) is 11.4 Å². The van der Waals surface area contributed by atoms with Crippen LogP contribution >= 0.6 is 0 Å². The van der Waals surface area contributed by atoms with Crippen LogP contribution in [0.15, 0.2) is 24.3 Å². The number of rotatable bonds is 6. The highest BCUT2D eigenvalue weighted by molar-refractivity contribution is 5.94. The molecule has 0 bridgehead atoms. The Hall–Kier alpha value is -1.55. The average molecular weight is 316 g/mol. The van der Waals surface area contributed by atoms with E-state index in [0.717, 1.165) is 18.8 Å². The van der Waals surface area contributed by atoms with Gasteiger partial charge >= 0.3 is 0 Å². The van der Waals surface area contributed by atoms with Gasteiger partial charge in [-0.1, -0.05) is 12.8 Å². The maximum absolute atomic E-state index is 12.1. The van der Waals surface area contributed by atoms with Gasteiger partial charge in [-0.2, -0.15) is 0 Å². The highest BCUT2D eigenvalue weighted by Gasteiger charge is 2.24. The van der Waals surface area contributed by atoms with Crippen molar-refractivity contribution >= 4 is 17.3 Å². The number of hydrogen-bond donors (Lipinski definition) is 1. The summed E-state index contributed by atoms with van der Waals surface area (Å²) in [5.41, 5.74) is 2.10. The smallest absolute Gasteiger partial charge is 0.253 e. The van der Waals surface area contributed by atoms with Gasteiger partial charge in [0.1, 0.15) is 6.10 Å². The van der Waals surface area contributed by atoms with Crippen molar-refractivity contribution in [1.82, 2.24) is 0 Å². The van der Waals surface area contributed by atoms with Crippen LogP contribution in [0.3, 0.4) is 0 Å². The molecule has 23 heavy (non-hydrogen) atoms. The third kappa shape index (κ3) is 4.96. The predicted octanol–water partition coefficient (Wildman–Crippen LogP) is 3.82. The minimum Gasteiger partial charge on any atom is -0.372 e. The zero-order valence-electron chi connectivity index (χ0n) is 14.1. The van der Waals surface area contributed by atoms with Crippen LogP contribution in [-0.2, 0) is 9.53 Å². The minimum atomic E-state index is -0.388. The Bertz CT molecular complexity index is 503. The molecule has 4 heteroatoms. The largest absolute Gasteiger partial charge is 0.372 e. The van der Waals surface area contributed by atoms with Crippen LogP contribution in [-0.4, -0.2) is 31.7 Å². The molecule has 2 aliphatic rings. The first-order valence-electron chi connectivity index (χ1n) is 9.00. The molecule has 4 nitrogen and oxygen atoms in total. The normalized spacial score (nSPS) is 20.0. The van der Waals surface area contributed by atoms with Gasteiger partial charge in [-0.25, -0.2) is 0 Å². The summed E-state index contributed by atoms with van der Waals surface area (Å²) in [6.45, 7) is 4.81. The molecule has 1 saturated heterocycles. The quantitative estimate of drug-likeness (QED) is 0.867. The van der Waals surface area contributed by atoms with Crippen molar-refractivity contribution in [3.05, 3.63) is 24.3 Å². The van der Waals surface area contributed by atoms with E-state index in [2.05, 4.69) is 22.3 Å². The van der Waals surface area contributed by atoms with E-state index in [1.54, 1.807) is 0 Å². The van der Waals surface area contributed by atoms with Gasteiger partial charge in [-0.3, -0.25) is 4.79 Å². The Kier molecular flexibility index (Phi) is 5.55. The maximum Gasteiger partial charge on any atom is 0.253 e. The third-order valence-electron chi connectivity index (χ3n) is 4.75. The van der Waals surface area contributed by atoms with Crippen LogP contribution in [0, 0.1) is 5.92 Å².